The maximum atomic E-state index is 12.7. The Morgan fingerprint density at radius 2 is 0.855 bits per heavy atom. The molecule has 0 aromatic heterocycles. The van der Waals surface area contributed by atoms with E-state index in [9.17, 15) is 19.5 Å². The Kier molecular flexibility index (Phi) is 48.2. The van der Waals surface area contributed by atoms with Gasteiger partial charge in [0.2, 0.25) is 0 Å². The smallest absolute Gasteiger partial charge is 0.306 e. The molecule has 0 spiro atoms. The van der Waals surface area contributed by atoms with Crippen molar-refractivity contribution in [1.29, 1.82) is 0 Å². The quantitative estimate of drug-likeness (QED) is 0.0195. The third kappa shape index (κ3) is 52.1. The average Bonchev–Trinajstić information content (AvgIpc) is 3.31. The van der Waals surface area contributed by atoms with Crippen LogP contribution in [0.25, 0.3) is 0 Å². The van der Waals surface area contributed by atoms with E-state index in [1.807, 2.05) is 33.3 Å². The van der Waals surface area contributed by atoms with Gasteiger partial charge in [-0.25, -0.2) is 0 Å². The van der Waals surface area contributed by atoms with E-state index in [1.54, 1.807) is 0 Å². The molecule has 0 aliphatic carbocycles. The number of carbonyl (C=O) groups excluding carboxylic acids is 3. The van der Waals surface area contributed by atoms with Crippen LogP contribution in [0.15, 0.2) is 85.1 Å². The third-order valence-electron chi connectivity index (χ3n) is 11.6. The fraction of sp³-hybridized carbons (Fsp3) is 0.717. The largest absolute Gasteiger partial charge is 0.545 e. The molecule has 0 saturated carbocycles. The van der Waals surface area contributed by atoms with E-state index < -0.39 is 24.3 Å². The summed E-state index contributed by atoms with van der Waals surface area (Å²) in [6.45, 7) is 4.53. The molecule has 396 valence electrons. The first-order valence-electron chi connectivity index (χ1n) is 27.7. The second kappa shape index (κ2) is 50.8. The van der Waals surface area contributed by atoms with E-state index in [1.165, 1.54) is 128 Å². The number of nitrogens with zero attached hydrogens (tertiary/aromatic N) is 1. The summed E-state index contributed by atoms with van der Waals surface area (Å²) in [4.78, 5) is 37.1. The van der Waals surface area contributed by atoms with E-state index in [2.05, 4.69) is 86.8 Å². The minimum atomic E-state index is -1.64. The molecule has 9 heteroatoms. The molecule has 2 unspecified atom stereocenters. The Morgan fingerprint density at radius 1 is 0.449 bits per heavy atom. The number of ether oxygens (including phenoxy) is 4. The van der Waals surface area contributed by atoms with E-state index in [0.29, 0.717) is 17.4 Å². The van der Waals surface area contributed by atoms with Gasteiger partial charge in [0.05, 0.1) is 40.3 Å². The molecular formula is C60H103NO8. The van der Waals surface area contributed by atoms with Crippen LogP contribution in [-0.4, -0.2) is 82.3 Å². The fourth-order valence-electron chi connectivity index (χ4n) is 7.38. The van der Waals surface area contributed by atoms with Gasteiger partial charge >= 0.3 is 11.9 Å². The van der Waals surface area contributed by atoms with Gasteiger partial charge in [-0.15, -0.1) is 0 Å². The van der Waals surface area contributed by atoms with E-state index in [-0.39, 0.29) is 38.6 Å². The molecule has 0 N–H and O–H groups in total. The minimum Gasteiger partial charge on any atom is -0.545 e. The van der Waals surface area contributed by atoms with Gasteiger partial charge in [-0.2, -0.15) is 0 Å². The normalized spacial score (nSPS) is 13.5. The molecule has 0 heterocycles. The molecular weight excluding hydrogens is 863 g/mol. The zero-order chi connectivity index (χ0) is 50.6. The Hall–Kier alpha value is -3.53. The van der Waals surface area contributed by atoms with Crippen molar-refractivity contribution in [3.05, 3.63) is 85.1 Å². The minimum absolute atomic E-state index is 0.124. The van der Waals surface area contributed by atoms with Crippen LogP contribution in [0.2, 0.25) is 0 Å². The second-order valence-electron chi connectivity index (χ2n) is 19.5. The Balaban J connectivity index is 4.16. The summed E-state index contributed by atoms with van der Waals surface area (Å²) in [5.74, 6) is -2.40. The Labute approximate surface area is 423 Å². The number of unbranched alkanes of at least 4 members (excludes halogenated alkanes) is 21. The first kappa shape index (κ1) is 65.5. The molecule has 0 rings (SSSR count). The van der Waals surface area contributed by atoms with Crippen molar-refractivity contribution in [2.75, 3.05) is 47.5 Å². The molecule has 0 amide bonds. The van der Waals surface area contributed by atoms with Gasteiger partial charge in [-0.1, -0.05) is 214 Å². The van der Waals surface area contributed by atoms with Gasteiger partial charge in [0.25, 0.3) is 0 Å². The number of likely N-dealkylation sites (N-methyl/N-ethyl adjacent to an activating group) is 1. The Bertz CT molecular complexity index is 1400. The summed E-state index contributed by atoms with van der Waals surface area (Å²) in [6.07, 6.45) is 63.8. The summed E-state index contributed by atoms with van der Waals surface area (Å²) in [5.41, 5.74) is 0. The third-order valence-corrected chi connectivity index (χ3v) is 11.6. The molecule has 0 aliphatic rings. The molecule has 0 aromatic rings. The highest BCUT2D eigenvalue weighted by Gasteiger charge is 2.21. The van der Waals surface area contributed by atoms with Crippen molar-refractivity contribution in [3.63, 3.8) is 0 Å². The van der Waals surface area contributed by atoms with E-state index in [0.717, 1.165) is 57.8 Å². The zero-order valence-corrected chi connectivity index (χ0v) is 44.9. The number of allylic oxidation sites excluding steroid dienone is 14. The highest BCUT2D eigenvalue weighted by atomic mass is 16.7. The summed E-state index contributed by atoms with van der Waals surface area (Å²) < 4.78 is 22.5. The number of rotatable bonds is 50. The summed E-state index contributed by atoms with van der Waals surface area (Å²) in [6, 6.07) is 0. The summed E-state index contributed by atoms with van der Waals surface area (Å²) in [5, 5.41) is 11.7. The number of aliphatic carboxylic acids is 1. The highest BCUT2D eigenvalue weighted by molar-refractivity contribution is 5.70. The highest BCUT2D eigenvalue weighted by Crippen LogP contribution is 2.15. The van der Waals surface area contributed by atoms with Crippen molar-refractivity contribution in [2.24, 2.45) is 0 Å². The van der Waals surface area contributed by atoms with Gasteiger partial charge in [0.1, 0.15) is 13.2 Å². The van der Waals surface area contributed by atoms with Crippen LogP contribution < -0.4 is 5.11 Å². The molecule has 0 aromatic carbocycles. The zero-order valence-electron chi connectivity index (χ0n) is 44.9. The summed E-state index contributed by atoms with van der Waals surface area (Å²) in [7, 11) is 5.89. The van der Waals surface area contributed by atoms with Crippen LogP contribution >= 0.6 is 0 Å². The van der Waals surface area contributed by atoms with Crippen LogP contribution in [0.4, 0.5) is 0 Å². The number of esters is 2. The number of quaternary nitrogens is 1. The number of hydrogen-bond acceptors (Lipinski definition) is 8. The van der Waals surface area contributed by atoms with Crippen molar-refractivity contribution in [3.8, 4) is 0 Å². The SMILES string of the molecule is CC/C=C\C/C=C\C/C=C\C/C=C\CCC(=O)OC(COC(=O)CCCCCCCCCCCCCCCCCC/C=C\C/C=C\C/C=C\CCCCCCC)COC(OCC[N+](C)(C)C)C(=O)[O-]. The average molecular weight is 966 g/mol. The van der Waals surface area contributed by atoms with Gasteiger partial charge < -0.3 is 33.3 Å². The van der Waals surface area contributed by atoms with Gasteiger partial charge in [-0.05, 0) is 77.0 Å². The van der Waals surface area contributed by atoms with Gasteiger partial charge in [-0.3, -0.25) is 9.59 Å². The van der Waals surface area contributed by atoms with Crippen LogP contribution in [0, 0.1) is 0 Å². The summed E-state index contributed by atoms with van der Waals surface area (Å²) >= 11 is 0. The number of carboxylic acid groups (broad SMARTS) is 1. The maximum Gasteiger partial charge on any atom is 0.306 e. The predicted octanol–water partition coefficient (Wildman–Crippen LogP) is 14.7. The molecule has 0 aliphatic heterocycles. The maximum absolute atomic E-state index is 12.7. The van der Waals surface area contributed by atoms with Crippen LogP contribution in [0.1, 0.15) is 219 Å². The van der Waals surface area contributed by atoms with Crippen molar-refractivity contribution in [2.45, 2.75) is 232 Å². The lowest BCUT2D eigenvalue weighted by atomic mass is 10.0. The topological polar surface area (TPSA) is 111 Å². The fourth-order valence-corrected chi connectivity index (χ4v) is 7.38. The number of hydrogen-bond donors (Lipinski definition) is 0. The molecule has 0 bridgehead atoms. The lowest BCUT2D eigenvalue weighted by Crippen LogP contribution is -2.44. The van der Waals surface area contributed by atoms with Crippen molar-refractivity contribution < 1.29 is 42.9 Å². The van der Waals surface area contributed by atoms with Crippen molar-refractivity contribution >= 4 is 17.9 Å². The number of carbonyl (C=O) groups is 3. The lowest BCUT2D eigenvalue weighted by Gasteiger charge is -2.26. The molecule has 69 heavy (non-hydrogen) atoms. The van der Waals surface area contributed by atoms with Gasteiger partial charge in [0, 0.05) is 12.8 Å². The van der Waals surface area contributed by atoms with E-state index in [4.69, 9.17) is 18.9 Å². The molecule has 0 fully saturated rings. The molecule has 0 saturated heterocycles. The monoisotopic (exact) mass is 966 g/mol. The molecule has 0 radical (unpaired) electrons. The van der Waals surface area contributed by atoms with E-state index >= 15 is 0 Å². The molecule has 9 nitrogen and oxygen atoms in total. The standard InChI is InChI=1S/C60H103NO8/c1-6-8-10-12-14-16-18-20-21-22-23-24-25-26-27-28-29-30-31-32-33-34-35-36-37-39-40-42-44-46-48-50-57(62)67-54-56(55-68-60(59(64)65)66-53-52-61(3,4)5)69-58(63)51-49-47-45-43-41-38-19-17-15-13-11-9-7-2/h9,11,15,17-18,20,22-23,25-26,38,41,45,47,56,60H,6-8,10,12-14,16,19,21,24,27-37,39-40,42-44,46,48-55H2,1-5H3/b11-9-,17-15-,20-18-,23-22-,26-25-,41-38-,47-45-. The predicted molar refractivity (Wildman–Crippen MR) is 288 cm³/mol. The van der Waals surface area contributed by atoms with Crippen LogP contribution in [0.5, 0.6) is 0 Å². The lowest BCUT2D eigenvalue weighted by molar-refractivity contribution is -0.870. The Morgan fingerprint density at radius 3 is 1.29 bits per heavy atom. The second-order valence-corrected chi connectivity index (χ2v) is 19.5. The first-order chi connectivity index (χ1) is 33.6. The van der Waals surface area contributed by atoms with Crippen molar-refractivity contribution in [1.82, 2.24) is 0 Å². The molecule has 2 atom stereocenters. The van der Waals surface area contributed by atoms with Gasteiger partial charge in [0.15, 0.2) is 12.4 Å². The van der Waals surface area contributed by atoms with Crippen LogP contribution in [-0.2, 0) is 33.3 Å². The first-order valence-corrected chi connectivity index (χ1v) is 27.7. The number of carboxylic acids is 1. The van der Waals surface area contributed by atoms with Crippen LogP contribution in [0.3, 0.4) is 0 Å².